The number of pyridine rings is 1. The van der Waals surface area contributed by atoms with Crippen molar-refractivity contribution in [2.75, 3.05) is 7.05 Å². The number of halogens is 3. The topological polar surface area (TPSA) is 63.1 Å². The molecule has 0 aliphatic carbocycles. The number of aromatic nitrogens is 3. The van der Waals surface area contributed by atoms with Gasteiger partial charge in [-0.05, 0) is 43.5 Å². The molecule has 2 atom stereocenters. The summed E-state index contributed by atoms with van der Waals surface area (Å²) < 4.78 is 1.90. The van der Waals surface area contributed by atoms with Gasteiger partial charge in [0.2, 0.25) is 0 Å². The van der Waals surface area contributed by atoms with E-state index in [4.69, 9.17) is 11.6 Å². The van der Waals surface area contributed by atoms with Gasteiger partial charge in [-0.15, -0.1) is 24.8 Å². The highest BCUT2D eigenvalue weighted by molar-refractivity contribution is 7.99. The number of amides is 1. The maximum atomic E-state index is 12.9. The van der Waals surface area contributed by atoms with Gasteiger partial charge in [-0.3, -0.25) is 4.79 Å². The summed E-state index contributed by atoms with van der Waals surface area (Å²) >= 11 is 7.78. The average Bonchev–Trinajstić information content (AvgIpc) is 3.19. The first-order valence-electron chi connectivity index (χ1n) is 8.85. The monoisotopic (exact) mass is 463 g/mol. The number of nitrogens with one attached hydrogen (secondary N) is 1. The Hall–Kier alpha value is -0.990. The van der Waals surface area contributed by atoms with Gasteiger partial charge in [0, 0.05) is 50.8 Å². The molecule has 2 aromatic heterocycles. The van der Waals surface area contributed by atoms with Crippen LogP contribution < -0.4 is 5.32 Å². The van der Waals surface area contributed by atoms with Crippen LogP contribution >= 0.6 is 48.2 Å². The van der Waals surface area contributed by atoms with Crippen molar-refractivity contribution in [3.8, 4) is 0 Å². The van der Waals surface area contributed by atoms with E-state index in [1.165, 1.54) is 24.6 Å². The maximum Gasteiger partial charge on any atom is 0.255 e. The molecule has 2 fully saturated rings. The fourth-order valence-corrected chi connectivity index (χ4v) is 4.90. The molecule has 154 valence electrons. The Bertz CT molecular complexity index is 821. The number of carbonyl (C=O) groups is 1. The van der Waals surface area contributed by atoms with Gasteiger partial charge >= 0.3 is 0 Å². The Morgan fingerprint density at radius 2 is 1.96 bits per heavy atom. The molecule has 0 saturated carbocycles. The quantitative estimate of drug-likeness (QED) is 0.745. The minimum atomic E-state index is -0.0146. The molecule has 2 saturated heterocycles. The van der Waals surface area contributed by atoms with E-state index < -0.39 is 0 Å². The Kier molecular flexibility index (Phi) is 8.05. The lowest BCUT2D eigenvalue weighted by atomic mass is 9.98. The van der Waals surface area contributed by atoms with Crippen molar-refractivity contribution in [1.82, 2.24) is 24.8 Å². The van der Waals surface area contributed by atoms with Crippen LogP contribution in [0, 0.1) is 0 Å². The van der Waals surface area contributed by atoms with Crippen LogP contribution in [0.15, 0.2) is 34.8 Å². The van der Waals surface area contributed by atoms with E-state index >= 15 is 0 Å². The average molecular weight is 465 g/mol. The number of aryl methyl sites for hydroxylation is 1. The zero-order valence-corrected chi connectivity index (χ0v) is 18.9. The Morgan fingerprint density at radius 3 is 2.54 bits per heavy atom. The van der Waals surface area contributed by atoms with E-state index in [1.807, 2.05) is 29.8 Å². The largest absolute Gasteiger partial charge is 0.339 e. The van der Waals surface area contributed by atoms with Gasteiger partial charge in [0.15, 0.2) is 5.16 Å². The van der Waals surface area contributed by atoms with Crippen molar-refractivity contribution < 1.29 is 4.79 Å². The van der Waals surface area contributed by atoms with Crippen LogP contribution in [-0.2, 0) is 7.05 Å². The predicted octanol–water partition coefficient (Wildman–Crippen LogP) is 3.82. The summed E-state index contributed by atoms with van der Waals surface area (Å²) in [5.74, 6) is -0.0146. The molecule has 0 radical (unpaired) electrons. The second-order valence-electron chi connectivity index (χ2n) is 7.11. The van der Waals surface area contributed by atoms with Gasteiger partial charge in [0.25, 0.3) is 5.91 Å². The molecule has 2 aliphatic heterocycles. The fraction of sp³-hybridized carbons (Fsp3) is 0.500. The molecule has 28 heavy (non-hydrogen) atoms. The maximum absolute atomic E-state index is 12.9. The standard InChI is InChI=1S/C18H22ClN5OS.2ClH/c1-23-6-5-20-18(23)26-16-15(19)7-11(10-21-16)17(25)24(2)14-8-12-3-4-13(9-14)22-12;;/h5-7,10,12-14,22H,3-4,8-9H2,1-2H3;2*1H. The second kappa shape index (κ2) is 9.67. The molecular formula is C18H24Cl3N5OS. The van der Waals surface area contributed by atoms with Crippen LogP contribution in [-0.4, -0.2) is 50.5 Å². The van der Waals surface area contributed by atoms with Gasteiger partial charge in [-0.1, -0.05) is 11.6 Å². The lowest BCUT2D eigenvalue weighted by Gasteiger charge is -2.35. The van der Waals surface area contributed by atoms with E-state index in [0.717, 1.165) is 18.0 Å². The first kappa shape index (κ1) is 23.3. The van der Waals surface area contributed by atoms with E-state index in [0.29, 0.717) is 27.7 Å². The summed E-state index contributed by atoms with van der Waals surface area (Å²) in [6, 6.07) is 3.09. The highest BCUT2D eigenvalue weighted by atomic mass is 35.5. The Balaban J connectivity index is 0.00000140. The SMILES string of the molecule is CN(C(=O)c1cnc(Sc2nccn2C)c(Cl)c1)C1CC2CCC(C1)N2.Cl.Cl. The first-order valence-corrected chi connectivity index (χ1v) is 10.0. The minimum absolute atomic E-state index is 0. The van der Waals surface area contributed by atoms with Crippen molar-refractivity contribution in [3.63, 3.8) is 0 Å². The highest BCUT2D eigenvalue weighted by Gasteiger charge is 2.36. The minimum Gasteiger partial charge on any atom is -0.339 e. The summed E-state index contributed by atoms with van der Waals surface area (Å²) in [5.41, 5.74) is 0.535. The van der Waals surface area contributed by atoms with Crippen molar-refractivity contribution in [1.29, 1.82) is 0 Å². The summed E-state index contributed by atoms with van der Waals surface area (Å²) in [6.45, 7) is 0. The van der Waals surface area contributed by atoms with E-state index in [-0.39, 0.29) is 36.8 Å². The van der Waals surface area contributed by atoms with Crippen molar-refractivity contribution in [3.05, 3.63) is 35.2 Å². The Labute approximate surface area is 186 Å². The van der Waals surface area contributed by atoms with E-state index in [1.54, 1.807) is 18.5 Å². The van der Waals surface area contributed by atoms with E-state index in [9.17, 15) is 4.79 Å². The normalized spacial score (nSPS) is 22.9. The molecule has 0 aromatic carbocycles. The number of rotatable bonds is 4. The number of nitrogens with zero attached hydrogens (tertiary/aromatic N) is 4. The number of hydrogen-bond acceptors (Lipinski definition) is 5. The summed E-state index contributed by atoms with van der Waals surface area (Å²) in [5, 5.41) is 5.55. The third kappa shape index (κ3) is 4.76. The van der Waals surface area contributed by atoms with Crippen molar-refractivity contribution in [2.45, 2.75) is 54.0 Å². The van der Waals surface area contributed by atoms with E-state index in [2.05, 4.69) is 15.3 Å². The molecule has 4 rings (SSSR count). The van der Waals surface area contributed by atoms with Gasteiger partial charge in [-0.2, -0.15) is 0 Å². The summed E-state index contributed by atoms with van der Waals surface area (Å²) in [7, 11) is 3.81. The van der Waals surface area contributed by atoms with Crippen molar-refractivity contribution in [2.24, 2.45) is 7.05 Å². The Morgan fingerprint density at radius 1 is 1.29 bits per heavy atom. The summed E-state index contributed by atoms with van der Waals surface area (Å²) in [4.78, 5) is 23.4. The molecule has 1 amide bonds. The van der Waals surface area contributed by atoms with Crippen LogP contribution in [0.1, 0.15) is 36.0 Å². The van der Waals surface area contributed by atoms with Crippen LogP contribution in [0.4, 0.5) is 0 Å². The number of hydrogen-bond donors (Lipinski definition) is 1. The molecule has 2 unspecified atom stereocenters. The summed E-state index contributed by atoms with van der Waals surface area (Å²) in [6.07, 6.45) is 9.70. The molecule has 4 heterocycles. The van der Waals surface area contributed by atoms with Gasteiger partial charge in [-0.25, -0.2) is 9.97 Å². The highest BCUT2D eigenvalue weighted by Crippen LogP contribution is 2.32. The third-order valence-corrected chi connectivity index (χ3v) is 6.83. The number of carbonyl (C=O) groups excluding carboxylic acids is 1. The van der Waals surface area contributed by atoms with Gasteiger partial charge < -0.3 is 14.8 Å². The zero-order chi connectivity index (χ0) is 18.3. The molecule has 6 nitrogen and oxygen atoms in total. The second-order valence-corrected chi connectivity index (χ2v) is 8.48. The van der Waals surface area contributed by atoms with Gasteiger partial charge in [0.1, 0.15) is 5.03 Å². The van der Waals surface area contributed by atoms with Crippen molar-refractivity contribution >= 4 is 54.1 Å². The molecule has 10 heteroatoms. The van der Waals surface area contributed by atoms with Crippen LogP contribution in [0.3, 0.4) is 0 Å². The first-order chi connectivity index (χ1) is 12.5. The zero-order valence-electron chi connectivity index (χ0n) is 15.7. The number of fused-ring (bicyclic) bond motifs is 2. The van der Waals surface area contributed by atoms with Crippen LogP contribution in [0.25, 0.3) is 0 Å². The number of imidazole rings is 1. The molecular weight excluding hydrogens is 441 g/mol. The fourth-order valence-electron chi connectivity index (χ4n) is 3.87. The lowest BCUT2D eigenvalue weighted by Crippen LogP contribution is -2.48. The molecule has 2 bridgehead atoms. The third-order valence-electron chi connectivity index (χ3n) is 5.34. The molecule has 1 N–H and O–H groups in total. The molecule has 2 aliphatic rings. The number of piperidine rings is 1. The smallest absolute Gasteiger partial charge is 0.255 e. The van der Waals surface area contributed by atoms with Crippen LogP contribution in [0.2, 0.25) is 5.02 Å². The molecule has 2 aromatic rings. The van der Waals surface area contributed by atoms with Crippen LogP contribution in [0.5, 0.6) is 0 Å². The predicted molar refractivity (Wildman–Crippen MR) is 116 cm³/mol. The van der Waals surface area contributed by atoms with Gasteiger partial charge in [0.05, 0.1) is 10.6 Å². The lowest BCUT2D eigenvalue weighted by molar-refractivity contribution is 0.0681. The molecule has 0 spiro atoms.